The van der Waals surface area contributed by atoms with Crippen LogP contribution in [0.5, 0.6) is 11.5 Å². The van der Waals surface area contributed by atoms with E-state index in [1.165, 1.54) is 0 Å². The molecular formula is C12H11NO2S. The fourth-order valence-electron chi connectivity index (χ4n) is 1.61. The van der Waals surface area contributed by atoms with Crippen molar-refractivity contribution in [2.75, 3.05) is 14.2 Å². The highest BCUT2D eigenvalue weighted by Crippen LogP contribution is 2.36. The van der Waals surface area contributed by atoms with Gasteiger partial charge in [0.15, 0.2) is 11.5 Å². The molecule has 2 rings (SSSR count). The maximum Gasteiger partial charge on any atom is 0.168 e. The lowest BCUT2D eigenvalue weighted by Crippen LogP contribution is -2.00. The van der Waals surface area contributed by atoms with Gasteiger partial charge in [-0.05, 0) is 6.07 Å². The molecule has 0 aliphatic carbocycles. The number of para-hydroxylation sites is 1. The van der Waals surface area contributed by atoms with Crippen molar-refractivity contribution >= 4 is 28.9 Å². The van der Waals surface area contributed by atoms with E-state index in [1.54, 1.807) is 26.6 Å². The Bertz CT molecular complexity index is 492. The number of thiocarbonyl (C=S) groups is 1. The second-order valence-corrected chi connectivity index (χ2v) is 3.67. The normalized spacial score (nSPS) is 13.9. The van der Waals surface area contributed by atoms with E-state index in [1.807, 2.05) is 18.2 Å². The van der Waals surface area contributed by atoms with Crippen molar-refractivity contribution in [2.45, 2.75) is 0 Å². The van der Waals surface area contributed by atoms with Gasteiger partial charge in [0.05, 0.1) is 19.1 Å². The molecule has 0 N–H and O–H groups in total. The van der Waals surface area contributed by atoms with E-state index in [0.29, 0.717) is 16.4 Å². The predicted molar refractivity (Wildman–Crippen MR) is 68.6 cm³/mol. The molecule has 1 aromatic carbocycles. The highest BCUT2D eigenvalue weighted by atomic mass is 32.1. The van der Waals surface area contributed by atoms with Crippen LogP contribution >= 0.6 is 12.2 Å². The third-order valence-electron chi connectivity index (χ3n) is 2.35. The lowest BCUT2D eigenvalue weighted by Gasteiger charge is -2.12. The van der Waals surface area contributed by atoms with Crippen LogP contribution in [-0.2, 0) is 0 Å². The van der Waals surface area contributed by atoms with Crippen LogP contribution < -0.4 is 9.47 Å². The maximum atomic E-state index is 5.35. The van der Waals surface area contributed by atoms with Crippen molar-refractivity contribution in [3.05, 3.63) is 30.0 Å². The van der Waals surface area contributed by atoms with Gasteiger partial charge >= 0.3 is 0 Å². The standard InChI is InChI=1S/C12H11NO2S/c1-14-10-5-3-4-8(12(10)15-2)9-6-13-7-11(9)16/h3-7H,1-2H3. The van der Waals surface area contributed by atoms with E-state index in [2.05, 4.69) is 4.99 Å². The average Bonchev–Trinajstić information content (AvgIpc) is 2.74. The summed E-state index contributed by atoms with van der Waals surface area (Å²) in [6, 6.07) is 5.69. The van der Waals surface area contributed by atoms with Crippen LogP contribution in [0.4, 0.5) is 0 Å². The first kappa shape index (κ1) is 10.8. The van der Waals surface area contributed by atoms with Gasteiger partial charge in [-0.25, -0.2) is 0 Å². The molecule has 1 aliphatic heterocycles. The van der Waals surface area contributed by atoms with Gasteiger partial charge < -0.3 is 9.47 Å². The van der Waals surface area contributed by atoms with Crippen molar-refractivity contribution in [1.29, 1.82) is 0 Å². The quantitative estimate of drug-likeness (QED) is 0.751. The molecule has 1 aliphatic rings. The number of methoxy groups -OCH3 is 2. The smallest absolute Gasteiger partial charge is 0.168 e. The topological polar surface area (TPSA) is 30.8 Å². The Morgan fingerprint density at radius 1 is 1.19 bits per heavy atom. The summed E-state index contributed by atoms with van der Waals surface area (Å²) in [7, 11) is 3.22. The van der Waals surface area contributed by atoms with E-state index in [9.17, 15) is 0 Å². The van der Waals surface area contributed by atoms with Gasteiger partial charge in [-0.3, -0.25) is 4.99 Å². The maximum absolute atomic E-state index is 5.35. The van der Waals surface area contributed by atoms with Gasteiger partial charge in [0, 0.05) is 23.6 Å². The average molecular weight is 233 g/mol. The zero-order valence-corrected chi connectivity index (χ0v) is 9.88. The Morgan fingerprint density at radius 2 is 2.00 bits per heavy atom. The summed E-state index contributed by atoms with van der Waals surface area (Å²) in [6.07, 6.45) is 3.39. The number of hydrogen-bond donors (Lipinski definition) is 0. The number of benzene rings is 1. The molecular weight excluding hydrogens is 222 g/mol. The Labute approximate surface area is 99.4 Å². The molecule has 0 fully saturated rings. The molecule has 0 amide bonds. The van der Waals surface area contributed by atoms with Gasteiger partial charge in [0.1, 0.15) is 0 Å². The third kappa shape index (κ3) is 1.72. The predicted octanol–water partition coefficient (Wildman–Crippen LogP) is 2.50. The lowest BCUT2D eigenvalue weighted by atomic mass is 10.0. The molecule has 0 spiro atoms. The first-order valence-corrected chi connectivity index (χ1v) is 5.17. The number of rotatable bonds is 3. The molecule has 1 heterocycles. The van der Waals surface area contributed by atoms with E-state index in [-0.39, 0.29) is 0 Å². The number of aliphatic imine (C=N–C) groups is 1. The summed E-state index contributed by atoms with van der Waals surface area (Å²) < 4.78 is 10.6. The molecule has 4 heteroatoms. The Balaban J connectivity index is 2.53. The molecule has 0 saturated carbocycles. The summed E-state index contributed by atoms with van der Waals surface area (Å²) in [5, 5.41) is 0. The van der Waals surface area contributed by atoms with Gasteiger partial charge in [-0.2, -0.15) is 0 Å². The van der Waals surface area contributed by atoms with Crippen molar-refractivity contribution in [3.63, 3.8) is 0 Å². The Kier molecular flexibility index (Phi) is 3.01. The van der Waals surface area contributed by atoms with Crippen molar-refractivity contribution in [2.24, 2.45) is 4.99 Å². The summed E-state index contributed by atoms with van der Waals surface area (Å²) in [5.74, 6) is 1.37. The second-order valence-electron chi connectivity index (χ2n) is 3.23. The molecule has 0 saturated heterocycles. The van der Waals surface area contributed by atoms with E-state index in [4.69, 9.17) is 21.7 Å². The minimum atomic E-state index is 0.684. The molecule has 82 valence electrons. The van der Waals surface area contributed by atoms with Crippen LogP contribution in [0.15, 0.2) is 29.4 Å². The van der Waals surface area contributed by atoms with Crippen LogP contribution in [0.1, 0.15) is 5.56 Å². The summed E-state index contributed by atoms with van der Waals surface area (Å²) in [5.41, 5.74) is 1.80. The summed E-state index contributed by atoms with van der Waals surface area (Å²) >= 11 is 5.20. The third-order valence-corrected chi connectivity index (χ3v) is 2.68. The summed E-state index contributed by atoms with van der Waals surface area (Å²) in [6.45, 7) is 0. The number of nitrogens with zero attached hydrogens (tertiary/aromatic N) is 1. The summed E-state index contributed by atoms with van der Waals surface area (Å²) in [4.78, 5) is 4.74. The minimum absolute atomic E-state index is 0.684. The lowest BCUT2D eigenvalue weighted by molar-refractivity contribution is 0.354. The molecule has 0 atom stereocenters. The van der Waals surface area contributed by atoms with Crippen molar-refractivity contribution < 1.29 is 9.47 Å². The molecule has 0 radical (unpaired) electrons. The van der Waals surface area contributed by atoms with Crippen molar-refractivity contribution in [3.8, 4) is 11.5 Å². The van der Waals surface area contributed by atoms with Crippen LogP contribution in [0, 0.1) is 0 Å². The highest BCUT2D eigenvalue weighted by molar-refractivity contribution is 7.83. The highest BCUT2D eigenvalue weighted by Gasteiger charge is 2.17. The van der Waals surface area contributed by atoms with E-state index < -0.39 is 0 Å². The Morgan fingerprint density at radius 3 is 2.56 bits per heavy atom. The molecule has 0 bridgehead atoms. The second kappa shape index (κ2) is 4.45. The van der Waals surface area contributed by atoms with Crippen molar-refractivity contribution in [1.82, 2.24) is 0 Å². The SMILES string of the molecule is COc1cccc(C2=CN=CC2=S)c1OC. The number of ether oxygens (including phenoxy) is 2. The monoisotopic (exact) mass is 233 g/mol. The fourth-order valence-corrected chi connectivity index (χ4v) is 1.84. The van der Waals surface area contributed by atoms with Crippen LogP contribution in [0.2, 0.25) is 0 Å². The van der Waals surface area contributed by atoms with Gasteiger partial charge in [-0.15, -0.1) is 0 Å². The van der Waals surface area contributed by atoms with E-state index >= 15 is 0 Å². The molecule has 0 aromatic heterocycles. The first-order valence-electron chi connectivity index (χ1n) is 4.77. The zero-order chi connectivity index (χ0) is 11.5. The number of hydrogen-bond acceptors (Lipinski definition) is 4. The first-order chi connectivity index (χ1) is 7.77. The van der Waals surface area contributed by atoms with Crippen LogP contribution in [-0.4, -0.2) is 25.3 Å². The van der Waals surface area contributed by atoms with Crippen LogP contribution in [0.25, 0.3) is 5.57 Å². The molecule has 0 unspecified atom stereocenters. The molecule has 3 nitrogen and oxygen atoms in total. The van der Waals surface area contributed by atoms with Gasteiger partial charge in [-0.1, -0.05) is 24.4 Å². The zero-order valence-electron chi connectivity index (χ0n) is 9.06. The Hall–Kier alpha value is -1.68. The molecule has 16 heavy (non-hydrogen) atoms. The molecule has 1 aromatic rings. The fraction of sp³-hybridized carbons (Fsp3) is 0.167. The van der Waals surface area contributed by atoms with Gasteiger partial charge in [0.25, 0.3) is 0 Å². The largest absolute Gasteiger partial charge is 0.493 e. The van der Waals surface area contributed by atoms with E-state index in [0.717, 1.165) is 11.1 Å². The minimum Gasteiger partial charge on any atom is -0.493 e. The van der Waals surface area contributed by atoms with Gasteiger partial charge in [0.2, 0.25) is 0 Å². The number of allylic oxidation sites excluding steroid dienone is 1. The van der Waals surface area contributed by atoms with Crippen LogP contribution in [0.3, 0.4) is 0 Å².